The highest BCUT2D eigenvalue weighted by Gasteiger charge is 2.29. The van der Waals surface area contributed by atoms with E-state index in [-0.39, 0.29) is 10.6 Å². The minimum Gasteiger partial charge on any atom is -0.495 e. The fraction of sp³-hybridized carbons (Fsp3) is 0.182. The Bertz CT molecular complexity index is 1180. The van der Waals surface area contributed by atoms with Gasteiger partial charge in [-0.05, 0) is 42.7 Å². The van der Waals surface area contributed by atoms with Crippen molar-refractivity contribution in [2.24, 2.45) is 0 Å². The van der Waals surface area contributed by atoms with Gasteiger partial charge in [-0.2, -0.15) is 0 Å². The Morgan fingerprint density at radius 2 is 1.72 bits per heavy atom. The summed E-state index contributed by atoms with van der Waals surface area (Å²) in [5.74, 6) is 0.169. The zero-order valence-electron chi connectivity index (χ0n) is 17.8. The first-order valence-corrected chi connectivity index (χ1v) is 12.1. The van der Waals surface area contributed by atoms with Crippen LogP contribution in [-0.2, 0) is 14.8 Å². The minimum atomic E-state index is -4.08. The van der Waals surface area contributed by atoms with Gasteiger partial charge in [-0.3, -0.25) is 14.1 Å². The van der Waals surface area contributed by atoms with Gasteiger partial charge in [0.25, 0.3) is 10.0 Å². The van der Waals surface area contributed by atoms with Gasteiger partial charge in [0.1, 0.15) is 23.7 Å². The molecule has 0 atom stereocenters. The van der Waals surface area contributed by atoms with Crippen molar-refractivity contribution in [3.05, 3.63) is 67.0 Å². The minimum absolute atomic E-state index is 0.0629. The van der Waals surface area contributed by atoms with E-state index in [1.54, 1.807) is 42.5 Å². The van der Waals surface area contributed by atoms with E-state index in [4.69, 9.17) is 9.47 Å². The number of thioether (sulfide) groups is 1. The first-order valence-electron chi connectivity index (χ1n) is 9.48. The average molecular weight is 474 g/mol. The summed E-state index contributed by atoms with van der Waals surface area (Å²) in [6, 6.07) is 14.7. The number of rotatable bonds is 9. The summed E-state index contributed by atoms with van der Waals surface area (Å²) in [5, 5.41) is 2.66. The quantitative estimate of drug-likeness (QED) is 0.474. The van der Waals surface area contributed by atoms with Crippen LogP contribution in [-0.4, -0.2) is 46.3 Å². The van der Waals surface area contributed by atoms with Crippen LogP contribution in [0, 0.1) is 0 Å². The summed E-state index contributed by atoms with van der Waals surface area (Å²) in [6.07, 6.45) is 4.86. The monoisotopic (exact) mass is 473 g/mol. The van der Waals surface area contributed by atoms with E-state index in [0.29, 0.717) is 17.2 Å². The smallest absolute Gasteiger partial charge is 0.264 e. The fourth-order valence-corrected chi connectivity index (χ4v) is 4.82. The number of ether oxygens (including phenoxy) is 2. The topological polar surface area (TPSA) is 97.8 Å². The summed E-state index contributed by atoms with van der Waals surface area (Å²) in [7, 11) is -1.17. The van der Waals surface area contributed by atoms with Crippen molar-refractivity contribution in [2.45, 2.75) is 9.79 Å². The van der Waals surface area contributed by atoms with Crippen LogP contribution in [0.4, 0.5) is 11.4 Å². The van der Waals surface area contributed by atoms with Crippen molar-refractivity contribution >= 4 is 39.1 Å². The number of hydrogen-bond donors (Lipinski definition) is 1. The Labute approximate surface area is 191 Å². The number of aromatic nitrogens is 1. The van der Waals surface area contributed by atoms with Gasteiger partial charge in [-0.15, -0.1) is 11.8 Å². The third-order valence-corrected chi connectivity index (χ3v) is 7.08. The van der Waals surface area contributed by atoms with Gasteiger partial charge in [0, 0.05) is 17.2 Å². The fourth-order valence-electron chi connectivity index (χ4n) is 2.98. The van der Waals surface area contributed by atoms with Crippen LogP contribution in [0.2, 0.25) is 0 Å². The molecule has 0 saturated carbocycles. The Balaban J connectivity index is 2.00. The summed E-state index contributed by atoms with van der Waals surface area (Å²) in [4.78, 5) is 17.9. The van der Waals surface area contributed by atoms with Crippen LogP contribution < -0.4 is 19.1 Å². The molecule has 0 fully saturated rings. The summed E-state index contributed by atoms with van der Waals surface area (Å²) < 4.78 is 38.7. The van der Waals surface area contributed by atoms with Crippen molar-refractivity contribution in [1.29, 1.82) is 0 Å². The molecule has 2 aromatic carbocycles. The number of hydrogen-bond acceptors (Lipinski definition) is 7. The second kappa shape index (κ2) is 10.4. The number of para-hydroxylation sites is 2. The van der Waals surface area contributed by atoms with Crippen LogP contribution in [0.1, 0.15) is 0 Å². The van der Waals surface area contributed by atoms with Crippen molar-refractivity contribution in [3.8, 4) is 11.5 Å². The summed E-state index contributed by atoms with van der Waals surface area (Å²) >= 11 is 1.50. The highest BCUT2D eigenvalue weighted by atomic mass is 32.2. The van der Waals surface area contributed by atoms with Gasteiger partial charge in [-0.1, -0.05) is 12.1 Å². The molecule has 0 radical (unpaired) electrons. The molecule has 10 heteroatoms. The Morgan fingerprint density at radius 3 is 2.38 bits per heavy atom. The van der Waals surface area contributed by atoms with Gasteiger partial charge in [0.2, 0.25) is 5.91 Å². The number of sulfonamides is 1. The van der Waals surface area contributed by atoms with E-state index in [9.17, 15) is 13.2 Å². The Morgan fingerprint density at radius 1 is 1.03 bits per heavy atom. The van der Waals surface area contributed by atoms with Crippen molar-refractivity contribution in [1.82, 2.24) is 4.98 Å². The molecule has 8 nitrogen and oxygen atoms in total. The van der Waals surface area contributed by atoms with Gasteiger partial charge in [0.05, 0.1) is 31.0 Å². The van der Waals surface area contributed by atoms with Crippen LogP contribution >= 0.6 is 11.8 Å². The average Bonchev–Trinajstić information content (AvgIpc) is 2.82. The zero-order chi connectivity index (χ0) is 23.1. The highest BCUT2D eigenvalue weighted by molar-refractivity contribution is 7.98. The van der Waals surface area contributed by atoms with E-state index in [1.165, 1.54) is 50.5 Å². The molecule has 1 heterocycles. The van der Waals surface area contributed by atoms with Crippen LogP contribution in [0.25, 0.3) is 0 Å². The standard InChI is InChI=1S/C22H23N3O5S2/c1-29-20-12-13-23-14-18(20)24-22(26)15-25(19-6-4-5-7-21(19)30-2)32(27,28)17-10-8-16(31-3)9-11-17/h4-14H,15H2,1-3H3,(H,24,26). The first kappa shape index (κ1) is 23.4. The van der Waals surface area contributed by atoms with Crippen LogP contribution in [0.15, 0.2) is 76.8 Å². The number of methoxy groups -OCH3 is 2. The first-order chi connectivity index (χ1) is 15.4. The number of nitrogens with one attached hydrogen (secondary N) is 1. The Kier molecular flexibility index (Phi) is 7.60. The lowest BCUT2D eigenvalue weighted by Gasteiger charge is -2.25. The number of amides is 1. The van der Waals surface area contributed by atoms with Crippen LogP contribution in [0.5, 0.6) is 11.5 Å². The number of benzene rings is 2. The lowest BCUT2D eigenvalue weighted by molar-refractivity contribution is -0.114. The van der Waals surface area contributed by atoms with Gasteiger partial charge < -0.3 is 14.8 Å². The molecule has 0 aliphatic carbocycles. The largest absolute Gasteiger partial charge is 0.495 e. The highest BCUT2D eigenvalue weighted by Crippen LogP contribution is 2.33. The van der Waals surface area contributed by atoms with Crippen LogP contribution in [0.3, 0.4) is 0 Å². The third-order valence-electron chi connectivity index (χ3n) is 4.56. The second-order valence-electron chi connectivity index (χ2n) is 6.48. The molecule has 0 bridgehead atoms. The molecule has 0 unspecified atom stereocenters. The molecular formula is C22H23N3O5S2. The van der Waals surface area contributed by atoms with Crippen molar-refractivity contribution in [2.75, 3.05) is 36.6 Å². The molecule has 3 aromatic rings. The number of anilines is 2. The van der Waals surface area contributed by atoms with E-state index in [1.807, 2.05) is 6.26 Å². The van der Waals surface area contributed by atoms with Gasteiger partial charge >= 0.3 is 0 Å². The van der Waals surface area contributed by atoms with Crippen molar-refractivity contribution < 1.29 is 22.7 Å². The normalized spacial score (nSPS) is 11.0. The molecule has 1 amide bonds. The van der Waals surface area contributed by atoms with E-state index < -0.39 is 22.5 Å². The van der Waals surface area contributed by atoms with Gasteiger partial charge in [0.15, 0.2) is 0 Å². The molecule has 1 N–H and O–H groups in total. The van der Waals surface area contributed by atoms with E-state index in [0.717, 1.165) is 9.20 Å². The van der Waals surface area contributed by atoms with E-state index >= 15 is 0 Å². The SMILES string of the molecule is COc1ccncc1NC(=O)CN(c1ccccc1OC)S(=O)(=O)c1ccc(SC)cc1. The lowest BCUT2D eigenvalue weighted by atomic mass is 10.3. The molecule has 1 aromatic heterocycles. The predicted molar refractivity (Wildman–Crippen MR) is 125 cm³/mol. The number of nitrogens with zero attached hydrogens (tertiary/aromatic N) is 2. The maximum absolute atomic E-state index is 13.6. The molecule has 32 heavy (non-hydrogen) atoms. The molecular weight excluding hydrogens is 450 g/mol. The van der Waals surface area contributed by atoms with E-state index in [2.05, 4.69) is 10.3 Å². The van der Waals surface area contributed by atoms with Crippen molar-refractivity contribution in [3.63, 3.8) is 0 Å². The molecule has 168 valence electrons. The maximum Gasteiger partial charge on any atom is 0.264 e. The summed E-state index contributed by atoms with van der Waals surface area (Å²) in [6.45, 7) is -0.481. The molecule has 0 aliphatic rings. The lowest BCUT2D eigenvalue weighted by Crippen LogP contribution is -2.38. The number of pyridine rings is 1. The molecule has 0 saturated heterocycles. The molecule has 0 aliphatic heterocycles. The summed E-state index contributed by atoms with van der Waals surface area (Å²) in [5.41, 5.74) is 0.582. The maximum atomic E-state index is 13.6. The second-order valence-corrected chi connectivity index (χ2v) is 9.23. The third kappa shape index (κ3) is 5.14. The predicted octanol–water partition coefficient (Wildman–Crippen LogP) is 3.65. The zero-order valence-corrected chi connectivity index (χ0v) is 19.4. The molecule has 3 rings (SSSR count). The Hall–Kier alpha value is -3.24. The molecule has 0 spiro atoms. The number of carbonyl (C=O) groups is 1. The van der Waals surface area contributed by atoms with Gasteiger partial charge in [-0.25, -0.2) is 8.42 Å². The number of carbonyl (C=O) groups excluding carboxylic acids is 1.